The Hall–Kier alpha value is -3.13. The third-order valence-electron chi connectivity index (χ3n) is 5.31. The Morgan fingerprint density at radius 3 is 2.35 bits per heavy atom. The van der Waals surface area contributed by atoms with Crippen LogP contribution in [-0.4, -0.2) is 9.55 Å². The van der Waals surface area contributed by atoms with Crippen molar-refractivity contribution in [3.8, 4) is 11.3 Å². The average Bonchev–Trinajstić information content (AvgIpc) is 3.01. The van der Waals surface area contributed by atoms with E-state index in [0.29, 0.717) is 0 Å². The highest BCUT2D eigenvalue weighted by Crippen LogP contribution is 2.33. The van der Waals surface area contributed by atoms with Crippen LogP contribution >= 0.6 is 0 Å². The molecule has 0 spiro atoms. The van der Waals surface area contributed by atoms with Crippen molar-refractivity contribution in [1.29, 1.82) is 0 Å². The monoisotopic (exact) mass is 336 g/mol. The molecule has 26 heavy (non-hydrogen) atoms. The van der Waals surface area contributed by atoms with E-state index in [1.54, 1.807) is 0 Å². The normalized spacial score (nSPS) is 11.6. The zero-order valence-electron chi connectivity index (χ0n) is 15.0. The standard InChI is InChI=1S/C24H20N2/c1-3-26-23-11-7-5-9-19(23)20-13-12-17(15-24(20)26)22-14-16(2)18-8-4-6-10-21(18)25-22/h4-15H,3H2,1-2H3. The fourth-order valence-electron chi connectivity index (χ4n) is 4.05. The highest BCUT2D eigenvalue weighted by molar-refractivity contribution is 6.09. The zero-order valence-corrected chi connectivity index (χ0v) is 15.0. The minimum atomic E-state index is 0.956. The number of rotatable bonds is 2. The molecule has 0 saturated heterocycles. The lowest BCUT2D eigenvalue weighted by atomic mass is 10.0. The Labute approximate surface area is 152 Å². The Bertz CT molecular complexity index is 1280. The van der Waals surface area contributed by atoms with Crippen molar-refractivity contribution in [3.63, 3.8) is 0 Å². The molecule has 2 heterocycles. The van der Waals surface area contributed by atoms with Crippen LogP contribution < -0.4 is 0 Å². The minimum Gasteiger partial charge on any atom is -0.341 e. The van der Waals surface area contributed by atoms with Gasteiger partial charge < -0.3 is 4.57 Å². The van der Waals surface area contributed by atoms with Gasteiger partial charge in [0.15, 0.2) is 0 Å². The first-order valence-corrected chi connectivity index (χ1v) is 9.14. The number of aromatic nitrogens is 2. The summed E-state index contributed by atoms with van der Waals surface area (Å²) < 4.78 is 2.39. The lowest BCUT2D eigenvalue weighted by Crippen LogP contribution is -1.93. The van der Waals surface area contributed by atoms with Gasteiger partial charge in [-0.25, -0.2) is 4.98 Å². The molecule has 0 atom stereocenters. The van der Waals surface area contributed by atoms with E-state index < -0.39 is 0 Å². The maximum absolute atomic E-state index is 4.91. The van der Waals surface area contributed by atoms with Gasteiger partial charge in [-0.05, 0) is 43.7 Å². The lowest BCUT2D eigenvalue weighted by molar-refractivity contribution is 0.827. The van der Waals surface area contributed by atoms with E-state index in [4.69, 9.17) is 4.98 Å². The lowest BCUT2D eigenvalue weighted by Gasteiger charge is -2.08. The number of aryl methyl sites for hydroxylation is 2. The molecular formula is C24H20N2. The van der Waals surface area contributed by atoms with Gasteiger partial charge in [0.1, 0.15) is 0 Å². The molecule has 0 bridgehead atoms. The highest BCUT2D eigenvalue weighted by atomic mass is 15.0. The average molecular weight is 336 g/mol. The molecule has 0 radical (unpaired) electrons. The van der Waals surface area contributed by atoms with Crippen LogP contribution in [0.15, 0.2) is 72.8 Å². The molecule has 2 heteroatoms. The second kappa shape index (κ2) is 5.70. The number of benzene rings is 3. The van der Waals surface area contributed by atoms with Crippen molar-refractivity contribution < 1.29 is 0 Å². The highest BCUT2D eigenvalue weighted by Gasteiger charge is 2.11. The largest absolute Gasteiger partial charge is 0.341 e. The van der Waals surface area contributed by atoms with Crippen LogP contribution in [0.25, 0.3) is 44.0 Å². The van der Waals surface area contributed by atoms with Gasteiger partial charge in [-0.1, -0.05) is 48.5 Å². The molecule has 2 nitrogen and oxygen atoms in total. The van der Waals surface area contributed by atoms with Gasteiger partial charge in [0.25, 0.3) is 0 Å². The van der Waals surface area contributed by atoms with Crippen molar-refractivity contribution >= 4 is 32.7 Å². The van der Waals surface area contributed by atoms with Crippen LogP contribution in [0.2, 0.25) is 0 Å². The number of hydrogen-bond acceptors (Lipinski definition) is 1. The molecule has 0 unspecified atom stereocenters. The van der Waals surface area contributed by atoms with Crippen molar-refractivity contribution in [1.82, 2.24) is 9.55 Å². The van der Waals surface area contributed by atoms with E-state index in [1.807, 2.05) is 0 Å². The van der Waals surface area contributed by atoms with Gasteiger partial charge in [-0.3, -0.25) is 0 Å². The Morgan fingerprint density at radius 1 is 0.769 bits per heavy atom. The van der Waals surface area contributed by atoms with Gasteiger partial charge in [0, 0.05) is 39.3 Å². The molecular weight excluding hydrogens is 316 g/mol. The van der Waals surface area contributed by atoms with Crippen molar-refractivity contribution in [2.24, 2.45) is 0 Å². The maximum atomic E-state index is 4.91. The first-order chi connectivity index (χ1) is 12.8. The molecule has 2 aromatic heterocycles. The van der Waals surface area contributed by atoms with Crippen LogP contribution in [0.5, 0.6) is 0 Å². The number of para-hydroxylation sites is 2. The number of nitrogens with zero attached hydrogens (tertiary/aromatic N) is 2. The number of hydrogen-bond donors (Lipinski definition) is 0. The fourth-order valence-corrected chi connectivity index (χ4v) is 4.05. The predicted molar refractivity (Wildman–Crippen MR) is 111 cm³/mol. The smallest absolute Gasteiger partial charge is 0.0713 e. The molecule has 3 aromatic carbocycles. The summed E-state index contributed by atoms with van der Waals surface area (Å²) in [6.45, 7) is 5.32. The summed E-state index contributed by atoms with van der Waals surface area (Å²) in [7, 11) is 0. The predicted octanol–water partition coefficient (Wildman–Crippen LogP) is 6.34. The second-order valence-electron chi connectivity index (χ2n) is 6.83. The SMILES string of the molecule is CCn1c2ccccc2c2ccc(-c3cc(C)c4ccccc4n3)cc21. The van der Waals surface area contributed by atoms with E-state index >= 15 is 0 Å². The third-order valence-corrected chi connectivity index (χ3v) is 5.31. The molecule has 0 saturated carbocycles. The third kappa shape index (κ3) is 2.15. The van der Waals surface area contributed by atoms with Gasteiger partial charge in [0.2, 0.25) is 0 Å². The van der Waals surface area contributed by atoms with Crippen molar-refractivity contribution in [3.05, 3.63) is 78.4 Å². The summed E-state index contributed by atoms with van der Waals surface area (Å²) in [5.41, 5.74) is 7.10. The summed E-state index contributed by atoms with van der Waals surface area (Å²) in [6, 6.07) is 25.9. The van der Waals surface area contributed by atoms with E-state index in [1.165, 1.54) is 38.3 Å². The van der Waals surface area contributed by atoms with E-state index in [-0.39, 0.29) is 0 Å². The minimum absolute atomic E-state index is 0.956. The molecule has 0 fully saturated rings. The Kier molecular flexibility index (Phi) is 3.32. The maximum Gasteiger partial charge on any atom is 0.0713 e. The summed E-state index contributed by atoms with van der Waals surface area (Å²) >= 11 is 0. The van der Waals surface area contributed by atoms with Crippen molar-refractivity contribution in [2.45, 2.75) is 20.4 Å². The van der Waals surface area contributed by atoms with Gasteiger partial charge in [-0.15, -0.1) is 0 Å². The summed E-state index contributed by atoms with van der Waals surface area (Å²) in [5.74, 6) is 0. The van der Waals surface area contributed by atoms with E-state index in [0.717, 1.165) is 17.8 Å². The topological polar surface area (TPSA) is 17.8 Å². The molecule has 5 aromatic rings. The van der Waals surface area contributed by atoms with Crippen LogP contribution in [-0.2, 0) is 6.54 Å². The second-order valence-corrected chi connectivity index (χ2v) is 6.83. The Balaban J connectivity index is 1.79. The summed E-state index contributed by atoms with van der Waals surface area (Å²) in [5, 5.41) is 3.85. The van der Waals surface area contributed by atoms with Gasteiger partial charge >= 0.3 is 0 Å². The molecule has 126 valence electrons. The summed E-state index contributed by atoms with van der Waals surface area (Å²) in [4.78, 5) is 4.91. The molecule has 0 N–H and O–H groups in total. The molecule has 0 amide bonds. The molecule has 0 aliphatic carbocycles. The Morgan fingerprint density at radius 2 is 1.50 bits per heavy atom. The first-order valence-electron chi connectivity index (χ1n) is 9.14. The zero-order chi connectivity index (χ0) is 17.7. The molecule has 0 aliphatic heterocycles. The van der Waals surface area contributed by atoms with E-state index in [2.05, 4.69) is 91.2 Å². The van der Waals surface area contributed by atoms with Gasteiger partial charge in [-0.2, -0.15) is 0 Å². The summed E-state index contributed by atoms with van der Waals surface area (Å²) in [6.07, 6.45) is 0. The van der Waals surface area contributed by atoms with Crippen molar-refractivity contribution in [2.75, 3.05) is 0 Å². The van der Waals surface area contributed by atoms with Crippen LogP contribution in [0.1, 0.15) is 12.5 Å². The van der Waals surface area contributed by atoms with Gasteiger partial charge in [0.05, 0.1) is 11.2 Å². The van der Waals surface area contributed by atoms with Crippen LogP contribution in [0, 0.1) is 6.92 Å². The fraction of sp³-hybridized carbons (Fsp3) is 0.125. The first kappa shape index (κ1) is 15.2. The molecule has 0 aliphatic rings. The number of pyridine rings is 1. The molecule has 5 rings (SSSR count). The number of fused-ring (bicyclic) bond motifs is 4. The van der Waals surface area contributed by atoms with Crippen LogP contribution in [0.3, 0.4) is 0 Å². The quantitative estimate of drug-likeness (QED) is 0.368. The van der Waals surface area contributed by atoms with E-state index in [9.17, 15) is 0 Å². The van der Waals surface area contributed by atoms with Crippen LogP contribution in [0.4, 0.5) is 0 Å².